The molecule has 1 aromatic heterocycles. The molecule has 48 heavy (non-hydrogen) atoms. The predicted octanol–water partition coefficient (Wildman–Crippen LogP) is 6.13. The summed E-state index contributed by atoms with van der Waals surface area (Å²) in [5.74, 6) is -0.833. The molecule has 10 nitrogen and oxygen atoms in total. The van der Waals surface area contributed by atoms with Crippen molar-refractivity contribution in [3.63, 3.8) is 0 Å². The number of hydrogen-bond acceptors (Lipinski definition) is 7. The molecule has 3 atom stereocenters. The Hall–Kier alpha value is -3.87. The molecule has 2 N–H and O–H groups in total. The van der Waals surface area contributed by atoms with Crippen LogP contribution in [0.5, 0.6) is 0 Å². The number of rotatable bonds is 13. The molecule has 1 unspecified atom stereocenters. The van der Waals surface area contributed by atoms with E-state index in [-0.39, 0.29) is 25.3 Å². The molecule has 1 saturated carbocycles. The summed E-state index contributed by atoms with van der Waals surface area (Å²) in [5, 5.41) is 2.70. The van der Waals surface area contributed by atoms with Crippen molar-refractivity contribution in [2.24, 2.45) is 5.92 Å². The van der Waals surface area contributed by atoms with E-state index >= 15 is 4.39 Å². The Labute approximate surface area is 282 Å². The van der Waals surface area contributed by atoms with E-state index in [0.717, 1.165) is 24.8 Å². The van der Waals surface area contributed by atoms with Crippen LogP contribution in [0.15, 0.2) is 73.1 Å². The van der Waals surface area contributed by atoms with Crippen molar-refractivity contribution in [2.45, 2.75) is 88.8 Å². The molecule has 0 bridgehead atoms. The van der Waals surface area contributed by atoms with E-state index in [9.17, 15) is 18.0 Å². The quantitative estimate of drug-likeness (QED) is 0.223. The van der Waals surface area contributed by atoms with Gasteiger partial charge in [-0.15, -0.1) is 0 Å². The first kappa shape index (κ1) is 35.4. The highest BCUT2D eigenvalue weighted by molar-refractivity contribution is 7.90. The van der Waals surface area contributed by atoms with Gasteiger partial charge in [-0.2, -0.15) is 0 Å². The maximum atomic E-state index is 15.5. The minimum Gasteiger partial charge on any atom is -0.445 e. The molecular formula is C36H45FN4O6S. The second-order valence-corrected chi connectivity index (χ2v) is 16.0. The Kier molecular flexibility index (Phi) is 10.9. The fourth-order valence-electron chi connectivity index (χ4n) is 5.98. The zero-order chi connectivity index (χ0) is 34.5. The smallest absolute Gasteiger partial charge is 0.410 e. The highest BCUT2D eigenvalue weighted by Gasteiger charge is 2.44. The van der Waals surface area contributed by atoms with E-state index in [1.165, 1.54) is 17.0 Å². The van der Waals surface area contributed by atoms with E-state index in [0.29, 0.717) is 30.1 Å². The van der Waals surface area contributed by atoms with Gasteiger partial charge in [-0.25, -0.2) is 22.3 Å². The number of likely N-dealkylation sites (tertiary alicyclic amines) is 1. The Morgan fingerprint density at radius 1 is 1.02 bits per heavy atom. The number of sulfonamides is 1. The number of amides is 2. The molecule has 1 aliphatic carbocycles. The number of carbonyl (C=O) groups excluding carboxylic acids is 2. The second-order valence-electron chi connectivity index (χ2n) is 13.5. The number of carbonyl (C=O) groups is 2. The van der Waals surface area contributed by atoms with Crippen LogP contribution in [-0.4, -0.2) is 60.3 Å². The van der Waals surface area contributed by atoms with Crippen molar-refractivity contribution in [3.05, 3.63) is 95.6 Å². The summed E-state index contributed by atoms with van der Waals surface area (Å²) in [7, 11) is -3.92. The van der Waals surface area contributed by atoms with Gasteiger partial charge in [0.1, 0.15) is 18.5 Å². The molecule has 0 spiro atoms. The highest BCUT2D eigenvalue weighted by Crippen LogP contribution is 2.43. The fourth-order valence-corrected chi connectivity index (χ4v) is 7.08. The zero-order valence-electron chi connectivity index (χ0n) is 27.9. The van der Waals surface area contributed by atoms with Crippen molar-refractivity contribution in [3.8, 4) is 0 Å². The Balaban J connectivity index is 1.46. The van der Waals surface area contributed by atoms with Gasteiger partial charge >= 0.3 is 6.09 Å². The van der Waals surface area contributed by atoms with Gasteiger partial charge in [-0.1, -0.05) is 49.2 Å². The van der Waals surface area contributed by atoms with Crippen LogP contribution in [-0.2, 0) is 36.4 Å². The summed E-state index contributed by atoms with van der Waals surface area (Å²) in [6.07, 6.45) is 5.61. The molecule has 2 aliphatic rings. The van der Waals surface area contributed by atoms with Crippen LogP contribution in [0.1, 0.15) is 76.5 Å². The summed E-state index contributed by atoms with van der Waals surface area (Å²) < 4.78 is 56.2. The van der Waals surface area contributed by atoms with Crippen LogP contribution in [0.2, 0.25) is 0 Å². The molecule has 0 radical (unpaired) electrons. The molecule has 2 fully saturated rings. The summed E-state index contributed by atoms with van der Waals surface area (Å²) in [5.41, 5.74) is 0.516. The van der Waals surface area contributed by atoms with E-state index in [1.54, 1.807) is 51.4 Å². The minimum atomic E-state index is -3.92. The van der Waals surface area contributed by atoms with Gasteiger partial charge < -0.3 is 14.8 Å². The van der Waals surface area contributed by atoms with Gasteiger partial charge in [0, 0.05) is 25.4 Å². The molecule has 258 valence electrons. The van der Waals surface area contributed by atoms with E-state index < -0.39 is 50.3 Å². The summed E-state index contributed by atoms with van der Waals surface area (Å²) in [6.45, 7) is 7.27. The molecule has 2 amide bonds. The molecule has 3 aromatic rings. The van der Waals surface area contributed by atoms with Crippen LogP contribution < -0.4 is 10.0 Å². The first-order chi connectivity index (χ1) is 22.8. The lowest BCUT2D eigenvalue weighted by Crippen LogP contribution is -2.52. The van der Waals surface area contributed by atoms with Gasteiger partial charge in [0.15, 0.2) is 0 Å². The molecule has 1 aliphatic heterocycles. The monoisotopic (exact) mass is 680 g/mol. The molecule has 1 saturated heterocycles. The minimum absolute atomic E-state index is 0.0307. The van der Waals surface area contributed by atoms with Crippen LogP contribution in [0, 0.1) is 11.7 Å². The van der Waals surface area contributed by atoms with Crippen molar-refractivity contribution in [1.29, 1.82) is 0 Å². The topological polar surface area (TPSA) is 127 Å². The maximum Gasteiger partial charge on any atom is 0.410 e. The fraction of sp³-hybridized carbons (Fsp3) is 0.472. The average Bonchev–Trinajstić information content (AvgIpc) is 3.80. The Bertz CT molecular complexity index is 1680. The lowest BCUT2D eigenvalue weighted by molar-refractivity contribution is -0.120. The van der Waals surface area contributed by atoms with Gasteiger partial charge in [0.25, 0.3) is 0 Å². The van der Waals surface area contributed by atoms with Gasteiger partial charge in [-0.3, -0.25) is 14.7 Å². The van der Waals surface area contributed by atoms with Gasteiger partial charge in [-0.05, 0) is 87.4 Å². The maximum absolute atomic E-state index is 15.5. The third-order valence-electron chi connectivity index (χ3n) is 9.04. The number of anilines is 1. The molecular weight excluding hydrogens is 635 g/mol. The van der Waals surface area contributed by atoms with E-state index in [1.807, 2.05) is 37.3 Å². The predicted molar refractivity (Wildman–Crippen MR) is 181 cm³/mol. The van der Waals surface area contributed by atoms with Crippen LogP contribution in [0.4, 0.5) is 14.9 Å². The first-order valence-corrected chi connectivity index (χ1v) is 17.9. The standard InChI is InChI=1S/C36H45FN4O6S/c1-5-46-29-22-32(41(23-29)34(43)47-24-26-9-7-6-8-10-26)33(42)39-31-21-28(13-14-30(31)37)36(18-15-25-11-12-25,27-16-19-38-20-17-27)40-48(44,45)35(2,3)4/h6-10,13-14,16-17,19-21,25,29,32,40H,5,11-12,15,18,22-24H2,1-4H3,(H,39,42)/t29-,32-,36?/m1/s1. The van der Waals surface area contributed by atoms with Crippen LogP contribution >= 0.6 is 0 Å². The SMILES string of the molecule is CCO[C@@H]1C[C@H](C(=O)Nc2cc(C(CCC3CC3)(NS(=O)(=O)C(C)(C)C)c3ccncc3)ccc2F)N(C(=O)OCc2ccccc2)C1. The number of nitrogens with zero attached hydrogens (tertiary/aromatic N) is 2. The van der Waals surface area contributed by atoms with E-state index in [4.69, 9.17) is 9.47 Å². The van der Waals surface area contributed by atoms with Crippen LogP contribution in [0.3, 0.4) is 0 Å². The average molecular weight is 681 g/mol. The zero-order valence-corrected chi connectivity index (χ0v) is 28.8. The lowest BCUT2D eigenvalue weighted by Gasteiger charge is -2.38. The molecule has 5 rings (SSSR count). The van der Waals surface area contributed by atoms with E-state index in [2.05, 4.69) is 15.0 Å². The largest absolute Gasteiger partial charge is 0.445 e. The Morgan fingerprint density at radius 3 is 2.38 bits per heavy atom. The molecule has 2 heterocycles. The Morgan fingerprint density at radius 2 is 1.73 bits per heavy atom. The highest BCUT2D eigenvalue weighted by atomic mass is 32.2. The first-order valence-electron chi connectivity index (χ1n) is 16.5. The third kappa shape index (κ3) is 8.22. The van der Waals surface area contributed by atoms with Crippen molar-refractivity contribution < 1.29 is 31.9 Å². The summed E-state index contributed by atoms with van der Waals surface area (Å²) >= 11 is 0. The molecule has 12 heteroatoms. The third-order valence-corrected chi connectivity index (χ3v) is 11.3. The second kappa shape index (κ2) is 14.7. The number of hydrogen-bond donors (Lipinski definition) is 2. The van der Waals surface area contributed by atoms with Crippen molar-refractivity contribution >= 4 is 27.7 Å². The number of ether oxygens (including phenoxy) is 2. The number of halogens is 1. The van der Waals surface area contributed by atoms with Crippen molar-refractivity contribution in [2.75, 3.05) is 18.5 Å². The normalized spacial score (nSPS) is 19.5. The summed E-state index contributed by atoms with van der Waals surface area (Å²) in [4.78, 5) is 32.5. The number of aromatic nitrogens is 1. The van der Waals surface area contributed by atoms with Gasteiger partial charge in [0.05, 0.1) is 28.6 Å². The number of pyridine rings is 1. The number of benzene rings is 2. The number of nitrogens with one attached hydrogen (secondary N) is 2. The molecule has 2 aromatic carbocycles. The van der Waals surface area contributed by atoms with Crippen LogP contribution in [0.25, 0.3) is 0 Å². The van der Waals surface area contributed by atoms with Gasteiger partial charge in [0.2, 0.25) is 15.9 Å². The summed E-state index contributed by atoms with van der Waals surface area (Å²) in [6, 6.07) is 16.0. The lowest BCUT2D eigenvalue weighted by atomic mass is 9.79. The van der Waals surface area contributed by atoms with Crippen molar-refractivity contribution in [1.82, 2.24) is 14.6 Å².